The Bertz CT molecular complexity index is 1050. The van der Waals surface area contributed by atoms with E-state index >= 15 is 0 Å². The molecule has 0 atom stereocenters. The van der Waals surface area contributed by atoms with E-state index in [2.05, 4.69) is 10.3 Å². The van der Waals surface area contributed by atoms with Gasteiger partial charge in [0.1, 0.15) is 0 Å². The molecular weight excluding hydrogens is 355 g/mol. The molecule has 0 saturated heterocycles. The van der Waals surface area contributed by atoms with Gasteiger partial charge in [-0.3, -0.25) is 4.98 Å². The molecule has 2 aromatic carbocycles. The zero-order valence-corrected chi connectivity index (χ0v) is 14.0. The molecule has 8 heteroatoms. The van der Waals surface area contributed by atoms with Crippen molar-refractivity contribution in [2.75, 3.05) is 11.6 Å². The quantitative estimate of drug-likeness (QED) is 0.735. The first-order chi connectivity index (χ1) is 11.3. The van der Waals surface area contributed by atoms with Crippen molar-refractivity contribution in [3.05, 3.63) is 53.4 Å². The van der Waals surface area contributed by atoms with Gasteiger partial charge < -0.3 is 10.4 Å². The highest BCUT2D eigenvalue weighted by atomic mass is 35.5. The van der Waals surface area contributed by atoms with Crippen molar-refractivity contribution in [1.29, 1.82) is 0 Å². The Hall–Kier alpha value is -2.38. The lowest BCUT2D eigenvalue weighted by atomic mass is 10.1. The van der Waals surface area contributed by atoms with E-state index in [0.717, 1.165) is 18.4 Å². The van der Waals surface area contributed by atoms with Crippen molar-refractivity contribution < 1.29 is 17.9 Å². The van der Waals surface area contributed by atoms with Crippen LogP contribution in [-0.4, -0.2) is 24.8 Å². The summed E-state index contributed by atoms with van der Waals surface area (Å²) in [5.41, 5.74) is 1.12. The number of aromatic nitrogens is 1. The highest BCUT2D eigenvalue weighted by Crippen LogP contribution is 2.34. The van der Waals surface area contributed by atoms with Gasteiger partial charge in [-0.25, -0.2) is 12.8 Å². The molecule has 1 heterocycles. The summed E-state index contributed by atoms with van der Waals surface area (Å²) in [5.74, 6) is -1.37. The van der Waals surface area contributed by atoms with E-state index in [1.807, 2.05) is 0 Å². The monoisotopic (exact) mass is 366 g/mol. The molecule has 5 nitrogen and oxygen atoms in total. The Morgan fingerprint density at radius 2 is 1.96 bits per heavy atom. The smallest absolute Gasteiger partial charge is 0.177 e. The normalized spacial score (nSPS) is 11.6. The molecule has 24 heavy (non-hydrogen) atoms. The molecular formula is C16H12ClFN2O3S. The summed E-state index contributed by atoms with van der Waals surface area (Å²) in [6.45, 7) is 0. The second kappa shape index (κ2) is 5.92. The van der Waals surface area contributed by atoms with E-state index in [1.165, 1.54) is 12.3 Å². The largest absolute Gasteiger partial charge is 0.505 e. The Balaban J connectivity index is 2.17. The minimum absolute atomic E-state index is 0.0783. The molecule has 0 saturated carbocycles. The number of nitrogens with zero attached hydrogens (tertiary/aromatic N) is 1. The molecule has 3 aromatic rings. The molecule has 0 aliphatic carbocycles. The first-order valence-corrected chi connectivity index (χ1v) is 9.07. The van der Waals surface area contributed by atoms with E-state index < -0.39 is 21.4 Å². The number of halogens is 2. The third kappa shape index (κ3) is 3.00. The van der Waals surface area contributed by atoms with Crippen LogP contribution in [-0.2, 0) is 9.84 Å². The summed E-state index contributed by atoms with van der Waals surface area (Å²) in [7, 11) is -3.45. The molecule has 0 bridgehead atoms. The van der Waals surface area contributed by atoms with Crippen LogP contribution in [0.5, 0.6) is 5.75 Å². The summed E-state index contributed by atoms with van der Waals surface area (Å²) in [6, 6.07) is 8.57. The zero-order chi connectivity index (χ0) is 17.5. The van der Waals surface area contributed by atoms with Crippen LogP contribution in [0.3, 0.4) is 0 Å². The van der Waals surface area contributed by atoms with Crippen molar-refractivity contribution in [2.45, 2.75) is 4.90 Å². The fraction of sp³-hybridized carbons (Fsp3) is 0.0625. The van der Waals surface area contributed by atoms with Crippen LogP contribution in [0.15, 0.2) is 47.5 Å². The minimum Gasteiger partial charge on any atom is -0.505 e. The number of benzene rings is 2. The number of fused-ring (bicyclic) bond motifs is 1. The highest BCUT2D eigenvalue weighted by molar-refractivity contribution is 7.91. The van der Waals surface area contributed by atoms with Crippen molar-refractivity contribution in [2.24, 2.45) is 0 Å². The predicted octanol–water partition coefficient (Wildman–Crippen LogP) is 3.88. The van der Waals surface area contributed by atoms with Gasteiger partial charge >= 0.3 is 0 Å². The molecule has 1 aromatic heterocycles. The molecule has 0 aliphatic rings. The van der Waals surface area contributed by atoms with Gasteiger partial charge in [-0.15, -0.1) is 0 Å². The molecule has 0 fully saturated rings. The lowest BCUT2D eigenvalue weighted by molar-refractivity contribution is 0.433. The van der Waals surface area contributed by atoms with E-state index in [0.29, 0.717) is 16.6 Å². The van der Waals surface area contributed by atoms with Gasteiger partial charge in [-0.1, -0.05) is 23.7 Å². The van der Waals surface area contributed by atoms with Gasteiger partial charge in [0.2, 0.25) is 0 Å². The third-order valence-electron chi connectivity index (χ3n) is 3.44. The van der Waals surface area contributed by atoms with Gasteiger partial charge in [0.05, 0.1) is 21.1 Å². The zero-order valence-electron chi connectivity index (χ0n) is 12.4. The number of hydrogen-bond donors (Lipinski definition) is 2. The fourth-order valence-electron chi connectivity index (χ4n) is 2.34. The maximum atomic E-state index is 13.3. The minimum atomic E-state index is -3.45. The van der Waals surface area contributed by atoms with Gasteiger partial charge in [0.15, 0.2) is 21.4 Å². The summed E-state index contributed by atoms with van der Waals surface area (Å²) < 4.78 is 37.1. The van der Waals surface area contributed by atoms with Crippen molar-refractivity contribution >= 4 is 43.7 Å². The Morgan fingerprint density at radius 3 is 2.67 bits per heavy atom. The first-order valence-electron chi connectivity index (χ1n) is 6.80. The molecule has 124 valence electrons. The van der Waals surface area contributed by atoms with Gasteiger partial charge in [-0.05, 0) is 18.2 Å². The van der Waals surface area contributed by atoms with Crippen LogP contribution in [0.1, 0.15) is 0 Å². The average molecular weight is 367 g/mol. The predicted molar refractivity (Wildman–Crippen MR) is 91.2 cm³/mol. The molecule has 0 radical (unpaired) electrons. The molecule has 0 unspecified atom stereocenters. The van der Waals surface area contributed by atoms with Crippen LogP contribution < -0.4 is 5.32 Å². The van der Waals surface area contributed by atoms with Crippen molar-refractivity contribution in [3.8, 4) is 5.75 Å². The van der Waals surface area contributed by atoms with E-state index in [1.54, 1.807) is 18.2 Å². The number of phenolic OH excluding ortho intramolecular Hbond substituents is 1. The van der Waals surface area contributed by atoms with Crippen LogP contribution in [0, 0.1) is 5.82 Å². The number of sulfone groups is 1. The average Bonchev–Trinajstić information content (AvgIpc) is 2.51. The Labute approximate surface area is 142 Å². The van der Waals surface area contributed by atoms with Crippen LogP contribution in [0.4, 0.5) is 15.8 Å². The lowest BCUT2D eigenvalue weighted by Crippen LogP contribution is -2.01. The number of nitrogens with one attached hydrogen (secondary N) is 1. The molecule has 0 spiro atoms. The number of para-hydroxylation sites is 1. The first kappa shape index (κ1) is 16.5. The number of anilines is 2. The number of phenols is 1. The fourth-order valence-corrected chi connectivity index (χ4v) is 3.37. The molecule has 0 aliphatic heterocycles. The number of rotatable bonds is 3. The maximum absolute atomic E-state index is 13.3. The van der Waals surface area contributed by atoms with Gasteiger partial charge in [-0.2, -0.15) is 0 Å². The maximum Gasteiger partial charge on any atom is 0.177 e. The standard InChI is InChI=1S/C16H12ClFN2O3S/c1-24(22,23)15-4-2-3-9-12(5-6-19-16(9)15)20-13-8-14(21)11(18)7-10(13)17/h2-8,21H,1H3,(H,19,20). The third-order valence-corrected chi connectivity index (χ3v) is 4.88. The SMILES string of the molecule is CS(=O)(=O)c1cccc2c(Nc3cc(O)c(F)cc3Cl)ccnc12. The second-order valence-electron chi connectivity index (χ2n) is 5.19. The summed E-state index contributed by atoms with van der Waals surface area (Å²) in [6.07, 6.45) is 2.56. The summed E-state index contributed by atoms with van der Waals surface area (Å²) >= 11 is 5.98. The van der Waals surface area contributed by atoms with Crippen LogP contribution in [0.25, 0.3) is 10.9 Å². The highest BCUT2D eigenvalue weighted by Gasteiger charge is 2.15. The van der Waals surface area contributed by atoms with Crippen LogP contribution in [0.2, 0.25) is 5.02 Å². The van der Waals surface area contributed by atoms with E-state index in [4.69, 9.17) is 11.6 Å². The number of hydrogen-bond acceptors (Lipinski definition) is 5. The summed E-state index contributed by atoms with van der Waals surface area (Å²) in [4.78, 5) is 4.25. The van der Waals surface area contributed by atoms with Gasteiger partial charge in [0, 0.05) is 29.6 Å². The molecule has 3 rings (SSSR count). The second-order valence-corrected chi connectivity index (χ2v) is 7.58. The lowest BCUT2D eigenvalue weighted by Gasteiger charge is -2.13. The molecule has 2 N–H and O–H groups in total. The number of aromatic hydroxyl groups is 1. The Kier molecular flexibility index (Phi) is 4.06. The Morgan fingerprint density at radius 1 is 1.21 bits per heavy atom. The molecule has 0 amide bonds. The van der Waals surface area contributed by atoms with Crippen molar-refractivity contribution in [1.82, 2.24) is 4.98 Å². The van der Waals surface area contributed by atoms with E-state index in [-0.39, 0.29) is 15.6 Å². The number of pyridine rings is 1. The topological polar surface area (TPSA) is 79.3 Å². The summed E-state index contributed by atoms with van der Waals surface area (Å²) in [5, 5.41) is 13.1. The van der Waals surface area contributed by atoms with Crippen molar-refractivity contribution in [3.63, 3.8) is 0 Å². The van der Waals surface area contributed by atoms with Crippen LogP contribution >= 0.6 is 11.6 Å². The van der Waals surface area contributed by atoms with E-state index in [9.17, 15) is 17.9 Å². The van der Waals surface area contributed by atoms with Gasteiger partial charge in [0.25, 0.3) is 0 Å².